The first-order valence-corrected chi connectivity index (χ1v) is 9.00. The highest BCUT2D eigenvalue weighted by molar-refractivity contribution is 5.18. The summed E-state index contributed by atoms with van der Waals surface area (Å²) in [6.45, 7) is 5.14. The highest BCUT2D eigenvalue weighted by Crippen LogP contribution is 2.63. The molecular weight excluding hydrogens is 256 g/mol. The normalized spacial score (nSPS) is 50.5. The van der Waals surface area contributed by atoms with Gasteiger partial charge in [-0.25, -0.2) is 0 Å². The molecule has 1 N–H and O–H groups in total. The van der Waals surface area contributed by atoms with Crippen LogP contribution in [0.2, 0.25) is 0 Å². The molecule has 0 aromatic heterocycles. The van der Waals surface area contributed by atoms with Crippen molar-refractivity contribution in [1.29, 1.82) is 0 Å². The van der Waals surface area contributed by atoms with Crippen LogP contribution in [0.1, 0.15) is 52.4 Å². The lowest BCUT2D eigenvalue weighted by atomic mass is 9.51. The minimum absolute atomic E-state index is 0.683. The first-order chi connectivity index (χ1) is 10.2. The van der Waals surface area contributed by atoms with Crippen LogP contribution >= 0.6 is 0 Å². The van der Waals surface area contributed by atoms with Gasteiger partial charge in [0.15, 0.2) is 0 Å². The average molecular weight is 288 g/mol. The summed E-state index contributed by atoms with van der Waals surface area (Å²) >= 11 is 0. The molecule has 4 aliphatic rings. The summed E-state index contributed by atoms with van der Waals surface area (Å²) in [5, 5.41) is 7.00. The van der Waals surface area contributed by atoms with Crippen molar-refractivity contribution < 1.29 is 5.11 Å². The van der Waals surface area contributed by atoms with Crippen molar-refractivity contribution in [3.63, 3.8) is 0 Å². The van der Waals surface area contributed by atoms with Gasteiger partial charge in [0, 0.05) is 7.11 Å². The van der Waals surface area contributed by atoms with Crippen molar-refractivity contribution >= 4 is 0 Å². The molecular formula is C20H32O. The average Bonchev–Trinajstić information content (AvgIpc) is 2.85. The van der Waals surface area contributed by atoms with Crippen LogP contribution in [0.15, 0.2) is 24.3 Å². The molecule has 4 rings (SSSR count). The maximum Gasteiger partial charge on any atom is 0.0319 e. The zero-order chi connectivity index (χ0) is 15.0. The van der Waals surface area contributed by atoms with E-state index >= 15 is 0 Å². The Morgan fingerprint density at radius 3 is 2.48 bits per heavy atom. The number of allylic oxidation sites excluding steroid dienone is 4. The minimum Gasteiger partial charge on any atom is -0.400 e. The molecule has 0 aromatic carbocycles. The number of hydrogen-bond acceptors (Lipinski definition) is 1. The molecule has 118 valence electrons. The first kappa shape index (κ1) is 15.3. The molecule has 4 aliphatic carbocycles. The van der Waals surface area contributed by atoms with Crippen molar-refractivity contribution in [3.05, 3.63) is 24.3 Å². The van der Waals surface area contributed by atoms with Crippen molar-refractivity contribution in [2.75, 3.05) is 7.11 Å². The Hall–Kier alpha value is -0.560. The van der Waals surface area contributed by atoms with Gasteiger partial charge >= 0.3 is 0 Å². The lowest BCUT2D eigenvalue weighted by Crippen LogP contribution is -2.46. The quantitative estimate of drug-likeness (QED) is 0.677. The summed E-state index contributed by atoms with van der Waals surface area (Å²) < 4.78 is 0. The zero-order valence-corrected chi connectivity index (χ0v) is 14.0. The Morgan fingerprint density at radius 2 is 1.67 bits per heavy atom. The van der Waals surface area contributed by atoms with E-state index < -0.39 is 0 Å². The Kier molecular flexibility index (Phi) is 4.32. The van der Waals surface area contributed by atoms with E-state index in [4.69, 9.17) is 5.11 Å². The molecule has 0 aromatic rings. The third-order valence-electron chi connectivity index (χ3n) is 7.59. The Morgan fingerprint density at radius 1 is 0.905 bits per heavy atom. The summed E-state index contributed by atoms with van der Waals surface area (Å²) in [5.41, 5.74) is 0.683. The number of rotatable bonds is 0. The van der Waals surface area contributed by atoms with Crippen LogP contribution in [-0.2, 0) is 0 Å². The van der Waals surface area contributed by atoms with Gasteiger partial charge in [-0.3, -0.25) is 0 Å². The van der Waals surface area contributed by atoms with Crippen LogP contribution in [0.25, 0.3) is 0 Å². The third-order valence-corrected chi connectivity index (χ3v) is 7.59. The fourth-order valence-corrected chi connectivity index (χ4v) is 6.28. The maximum atomic E-state index is 7.00. The van der Waals surface area contributed by atoms with Crippen molar-refractivity contribution in [3.8, 4) is 0 Å². The highest BCUT2D eigenvalue weighted by Gasteiger charge is 2.54. The number of fused-ring (bicyclic) bond motifs is 5. The van der Waals surface area contributed by atoms with Gasteiger partial charge in [0.2, 0.25) is 0 Å². The molecule has 0 aliphatic heterocycles. The molecule has 7 atom stereocenters. The molecule has 0 spiro atoms. The molecule has 3 fully saturated rings. The summed E-state index contributed by atoms with van der Waals surface area (Å²) in [6.07, 6.45) is 18.6. The van der Waals surface area contributed by atoms with Crippen LogP contribution < -0.4 is 0 Å². The molecule has 1 heteroatoms. The van der Waals surface area contributed by atoms with Crippen molar-refractivity contribution in [1.82, 2.24) is 0 Å². The maximum absolute atomic E-state index is 7.00. The van der Waals surface area contributed by atoms with E-state index in [1.165, 1.54) is 38.5 Å². The first-order valence-electron chi connectivity index (χ1n) is 9.00. The fourth-order valence-electron chi connectivity index (χ4n) is 6.28. The lowest BCUT2D eigenvalue weighted by molar-refractivity contribution is -0.0306. The smallest absolute Gasteiger partial charge is 0.0319 e. The zero-order valence-electron chi connectivity index (χ0n) is 14.0. The monoisotopic (exact) mass is 288 g/mol. The summed E-state index contributed by atoms with van der Waals surface area (Å²) in [5.74, 6) is 5.81. The minimum atomic E-state index is 0.683. The molecule has 0 bridgehead atoms. The number of aliphatic hydroxyl groups is 1. The number of aliphatic hydroxyl groups excluding tert-OH is 1. The third kappa shape index (κ3) is 2.32. The van der Waals surface area contributed by atoms with Crippen LogP contribution in [0.3, 0.4) is 0 Å². The van der Waals surface area contributed by atoms with Crippen LogP contribution in [0, 0.1) is 40.9 Å². The summed E-state index contributed by atoms with van der Waals surface area (Å²) in [4.78, 5) is 0. The molecule has 0 amide bonds. The van der Waals surface area contributed by atoms with Gasteiger partial charge in [0.25, 0.3) is 0 Å². The fraction of sp³-hybridized carbons (Fsp3) is 0.800. The van der Waals surface area contributed by atoms with Gasteiger partial charge in [0.05, 0.1) is 0 Å². The predicted molar refractivity (Wildman–Crippen MR) is 88.8 cm³/mol. The van der Waals surface area contributed by atoms with E-state index in [1.54, 1.807) is 0 Å². The predicted octanol–water partition coefficient (Wildman–Crippen LogP) is 4.83. The Bertz CT molecular complexity index is 424. The second-order valence-electron chi connectivity index (χ2n) is 8.05. The molecule has 7 unspecified atom stereocenters. The molecule has 0 heterocycles. The molecule has 21 heavy (non-hydrogen) atoms. The Labute approximate surface area is 130 Å². The van der Waals surface area contributed by atoms with E-state index in [1.807, 2.05) is 0 Å². The van der Waals surface area contributed by atoms with Gasteiger partial charge in [0.1, 0.15) is 0 Å². The molecule has 3 saturated carbocycles. The second-order valence-corrected chi connectivity index (χ2v) is 8.05. The van der Waals surface area contributed by atoms with Gasteiger partial charge in [-0.05, 0) is 79.4 Å². The van der Waals surface area contributed by atoms with Crippen molar-refractivity contribution in [2.24, 2.45) is 40.9 Å². The van der Waals surface area contributed by atoms with Gasteiger partial charge < -0.3 is 5.11 Å². The van der Waals surface area contributed by atoms with Crippen molar-refractivity contribution in [2.45, 2.75) is 52.4 Å². The largest absolute Gasteiger partial charge is 0.400 e. The van der Waals surface area contributed by atoms with E-state index in [-0.39, 0.29) is 0 Å². The second kappa shape index (κ2) is 5.91. The van der Waals surface area contributed by atoms with Gasteiger partial charge in [-0.1, -0.05) is 38.2 Å². The standard InChI is InChI=1S/C19H28.CH4O/c1-13-7-10-18-17-9-8-14-5-3-4-6-15(14)16(17)11-12-19(13,18)2;1-2/h3-6,13-18H,7-12H2,1-2H3;2H,1H3. The van der Waals surface area contributed by atoms with Crippen LogP contribution in [-0.4, -0.2) is 12.2 Å². The van der Waals surface area contributed by atoms with E-state index in [0.29, 0.717) is 5.41 Å². The molecule has 1 nitrogen and oxygen atoms in total. The van der Waals surface area contributed by atoms with Crippen LogP contribution in [0.4, 0.5) is 0 Å². The Balaban J connectivity index is 0.000000636. The van der Waals surface area contributed by atoms with E-state index in [9.17, 15) is 0 Å². The summed E-state index contributed by atoms with van der Waals surface area (Å²) in [6, 6.07) is 0. The van der Waals surface area contributed by atoms with E-state index in [2.05, 4.69) is 38.2 Å². The summed E-state index contributed by atoms with van der Waals surface area (Å²) in [7, 11) is 1.00. The number of hydrogen-bond donors (Lipinski definition) is 1. The van der Waals surface area contributed by atoms with E-state index in [0.717, 1.165) is 42.6 Å². The topological polar surface area (TPSA) is 20.2 Å². The molecule has 0 saturated heterocycles. The SMILES string of the molecule is CC1CCC2C3CCC4C=CC=CC4C3CCC12C.CO. The lowest BCUT2D eigenvalue weighted by Gasteiger charge is -2.54. The molecule has 0 radical (unpaired) electrons. The highest BCUT2D eigenvalue weighted by atomic mass is 16.2. The van der Waals surface area contributed by atoms with Gasteiger partial charge in [-0.15, -0.1) is 0 Å². The van der Waals surface area contributed by atoms with Gasteiger partial charge in [-0.2, -0.15) is 0 Å². The van der Waals surface area contributed by atoms with Crippen LogP contribution in [0.5, 0.6) is 0 Å².